The van der Waals surface area contributed by atoms with Crippen molar-refractivity contribution >= 4 is 5.69 Å². The van der Waals surface area contributed by atoms with Crippen molar-refractivity contribution in [3.63, 3.8) is 0 Å². The fourth-order valence-corrected chi connectivity index (χ4v) is 2.47. The molecule has 0 amide bonds. The number of nitrogens with zero attached hydrogens (tertiary/aromatic N) is 1. The molecule has 1 unspecified atom stereocenters. The molecule has 2 nitrogen and oxygen atoms in total. The Labute approximate surface area is 123 Å². The molecule has 3 heteroatoms. The minimum absolute atomic E-state index is 0.133. The number of benzene rings is 1. The highest BCUT2D eigenvalue weighted by Crippen LogP contribution is 2.27. The van der Waals surface area contributed by atoms with Crippen molar-refractivity contribution in [3.05, 3.63) is 29.6 Å². The summed E-state index contributed by atoms with van der Waals surface area (Å²) in [5.74, 6) is 0.475. The topological polar surface area (TPSA) is 15.3 Å². The Balaban J connectivity index is 2.96. The molecule has 0 fully saturated rings. The second kappa shape index (κ2) is 7.63. The predicted octanol–water partition coefficient (Wildman–Crippen LogP) is 4.19. The van der Waals surface area contributed by atoms with Crippen molar-refractivity contribution < 1.29 is 4.39 Å². The van der Waals surface area contributed by atoms with Crippen LogP contribution in [-0.2, 0) is 6.54 Å². The second-order valence-corrected chi connectivity index (χ2v) is 6.37. The van der Waals surface area contributed by atoms with Crippen LogP contribution in [-0.4, -0.2) is 19.1 Å². The van der Waals surface area contributed by atoms with Crippen LogP contribution in [0.1, 0.15) is 46.6 Å². The number of nitrogens with one attached hydrogen (secondary N) is 1. The largest absolute Gasteiger partial charge is 0.369 e. The van der Waals surface area contributed by atoms with E-state index < -0.39 is 0 Å². The van der Waals surface area contributed by atoms with Gasteiger partial charge in [-0.2, -0.15) is 0 Å². The van der Waals surface area contributed by atoms with Crippen LogP contribution in [0, 0.1) is 11.7 Å². The first-order valence-corrected chi connectivity index (χ1v) is 7.56. The van der Waals surface area contributed by atoms with Gasteiger partial charge >= 0.3 is 0 Å². The van der Waals surface area contributed by atoms with E-state index in [1.165, 1.54) is 0 Å². The average Bonchev–Trinajstić information content (AvgIpc) is 2.34. The Morgan fingerprint density at radius 3 is 2.35 bits per heavy atom. The van der Waals surface area contributed by atoms with Gasteiger partial charge in [0.05, 0.1) is 5.69 Å². The van der Waals surface area contributed by atoms with Gasteiger partial charge in [0.1, 0.15) is 5.82 Å². The Morgan fingerprint density at radius 1 is 1.15 bits per heavy atom. The first-order valence-electron chi connectivity index (χ1n) is 7.56. The second-order valence-electron chi connectivity index (χ2n) is 6.37. The van der Waals surface area contributed by atoms with Crippen LogP contribution >= 0.6 is 0 Å². The quantitative estimate of drug-likeness (QED) is 0.805. The number of hydrogen-bond donors (Lipinski definition) is 1. The van der Waals surface area contributed by atoms with Crippen LogP contribution in [0.4, 0.5) is 10.1 Å². The first-order chi connectivity index (χ1) is 9.32. The van der Waals surface area contributed by atoms with E-state index >= 15 is 0 Å². The van der Waals surface area contributed by atoms with Gasteiger partial charge in [0.25, 0.3) is 0 Å². The van der Waals surface area contributed by atoms with Gasteiger partial charge in [-0.3, -0.25) is 0 Å². The first kappa shape index (κ1) is 17.0. The standard InChI is InChI=1S/C17H29FN2/c1-12(2)10-14(5)20(6)17-15(11-19-13(3)4)8-7-9-16(17)18/h7-9,12-14,19H,10-11H2,1-6H3. The van der Waals surface area contributed by atoms with Crippen LogP contribution in [0.3, 0.4) is 0 Å². The van der Waals surface area contributed by atoms with Crippen LogP contribution in [0.2, 0.25) is 0 Å². The maximum atomic E-state index is 14.3. The van der Waals surface area contributed by atoms with E-state index in [1.54, 1.807) is 12.1 Å². The molecule has 0 radical (unpaired) electrons. The molecule has 114 valence electrons. The number of para-hydroxylation sites is 1. The molecule has 0 aromatic heterocycles. The SMILES string of the molecule is CC(C)CC(C)N(C)c1c(F)cccc1CNC(C)C. The summed E-state index contributed by atoms with van der Waals surface area (Å²) in [6.07, 6.45) is 1.06. The lowest BCUT2D eigenvalue weighted by atomic mass is 10.0. The lowest BCUT2D eigenvalue weighted by molar-refractivity contribution is 0.495. The van der Waals surface area contributed by atoms with Crippen LogP contribution in [0.5, 0.6) is 0 Å². The molecule has 1 rings (SSSR count). The van der Waals surface area contributed by atoms with E-state index in [1.807, 2.05) is 13.1 Å². The van der Waals surface area contributed by atoms with Crippen molar-refractivity contribution in [2.45, 2.75) is 59.7 Å². The maximum Gasteiger partial charge on any atom is 0.146 e. The maximum absolute atomic E-state index is 14.3. The Morgan fingerprint density at radius 2 is 1.80 bits per heavy atom. The summed E-state index contributed by atoms with van der Waals surface area (Å²) in [6.45, 7) is 11.5. The summed E-state index contributed by atoms with van der Waals surface area (Å²) in [4.78, 5) is 2.08. The number of rotatable bonds is 7. The van der Waals surface area contributed by atoms with Gasteiger partial charge in [0, 0.05) is 25.7 Å². The van der Waals surface area contributed by atoms with Gasteiger partial charge in [-0.05, 0) is 30.9 Å². The molecular weight excluding hydrogens is 251 g/mol. The normalized spacial score (nSPS) is 13.1. The Hall–Kier alpha value is -1.09. The highest BCUT2D eigenvalue weighted by atomic mass is 19.1. The fraction of sp³-hybridized carbons (Fsp3) is 0.647. The van der Waals surface area contributed by atoms with Crippen LogP contribution in [0.15, 0.2) is 18.2 Å². The molecule has 1 aromatic rings. The third-order valence-corrected chi connectivity index (χ3v) is 3.60. The fourth-order valence-electron chi connectivity index (χ4n) is 2.47. The summed E-state index contributed by atoms with van der Waals surface area (Å²) in [6, 6.07) is 6.06. The monoisotopic (exact) mass is 280 g/mol. The van der Waals surface area contributed by atoms with E-state index in [-0.39, 0.29) is 5.82 Å². The Bertz CT molecular complexity index is 415. The number of anilines is 1. The molecule has 0 spiro atoms. The van der Waals surface area contributed by atoms with Gasteiger partial charge in [0.2, 0.25) is 0 Å². The average molecular weight is 280 g/mol. The predicted molar refractivity (Wildman–Crippen MR) is 85.7 cm³/mol. The molecule has 1 atom stereocenters. The van der Waals surface area contributed by atoms with E-state index in [0.717, 1.165) is 17.7 Å². The molecule has 20 heavy (non-hydrogen) atoms. The van der Waals surface area contributed by atoms with Gasteiger partial charge in [-0.25, -0.2) is 4.39 Å². The van der Waals surface area contributed by atoms with E-state index in [2.05, 4.69) is 44.8 Å². The van der Waals surface area contributed by atoms with Crippen molar-refractivity contribution in [1.29, 1.82) is 0 Å². The molecule has 1 aromatic carbocycles. The van der Waals surface area contributed by atoms with Gasteiger partial charge in [0.15, 0.2) is 0 Å². The smallest absolute Gasteiger partial charge is 0.146 e. The van der Waals surface area contributed by atoms with Crippen molar-refractivity contribution in [1.82, 2.24) is 5.32 Å². The summed E-state index contributed by atoms with van der Waals surface area (Å²) >= 11 is 0. The highest BCUT2D eigenvalue weighted by Gasteiger charge is 2.18. The highest BCUT2D eigenvalue weighted by molar-refractivity contribution is 5.55. The molecule has 0 aliphatic carbocycles. The molecule has 0 aliphatic rings. The molecule has 1 N–H and O–H groups in total. The summed E-state index contributed by atoms with van der Waals surface area (Å²) in [5.41, 5.74) is 1.76. The zero-order valence-corrected chi connectivity index (χ0v) is 13.7. The molecular formula is C17H29FN2. The van der Waals surface area contributed by atoms with Gasteiger partial charge < -0.3 is 10.2 Å². The van der Waals surface area contributed by atoms with Crippen molar-refractivity contribution in [2.75, 3.05) is 11.9 Å². The summed E-state index contributed by atoms with van der Waals surface area (Å²) in [5, 5.41) is 3.37. The van der Waals surface area contributed by atoms with Gasteiger partial charge in [-0.15, -0.1) is 0 Å². The van der Waals surface area contributed by atoms with E-state index in [9.17, 15) is 4.39 Å². The van der Waals surface area contributed by atoms with Crippen LogP contribution < -0.4 is 10.2 Å². The summed E-state index contributed by atoms with van der Waals surface area (Å²) in [7, 11) is 1.99. The zero-order chi connectivity index (χ0) is 15.3. The molecule has 0 bridgehead atoms. The third kappa shape index (κ3) is 4.78. The minimum Gasteiger partial charge on any atom is -0.369 e. The zero-order valence-electron chi connectivity index (χ0n) is 13.7. The molecule has 0 saturated carbocycles. The van der Waals surface area contributed by atoms with Crippen molar-refractivity contribution in [2.24, 2.45) is 5.92 Å². The third-order valence-electron chi connectivity index (χ3n) is 3.60. The van der Waals surface area contributed by atoms with E-state index in [0.29, 0.717) is 24.5 Å². The number of hydrogen-bond acceptors (Lipinski definition) is 2. The van der Waals surface area contributed by atoms with E-state index in [4.69, 9.17) is 0 Å². The minimum atomic E-state index is -0.133. The summed E-state index contributed by atoms with van der Waals surface area (Å²) < 4.78 is 14.3. The molecule has 0 aliphatic heterocycles. The molecule has 0 heterocycles. The lowest BCUT2D eigenvalue weighted by Gasteiger charge is -2.30. The van der Waals surface area contributed by atoms with Gasteiger partial charge in [-0.1, -0.05) is 39.8 Å². The lowest BCUT2D eigenvalue weighted by Crippen LogP contribution is -2.32. The Kier molecular flexibility index (Phi) is 6.47. The van der Waals surface area contributed by atoms with Crippen LogP contribution in [0.25, 0.3) is 0 Å². The molecule has 0 saturated heterocycles. The number of halogens is 1. The van der Waals surface area contributed by atoms with Crippen molar-refractivity contribution in [3.8, 4) is 0 Å².